The van der Waals surface area contributed by atoms with E-state index in [0.717, 1.165) is 6.42 Å². The van der Waals surface area contributed by atoms with Gasteiger partial charge >= 0.3 is 6.09 Å². The van der Waals surface area contributed by atoms with Crippen LogP contribution in [0.1, 0.15) is 50.4 Å². The second kappa shape index (κ2) is 9.03. The Kier molecular flexibility index (Phi) is 6.10. The highest BCUT2D eigenvalue weighted by atomic mass is 16.6. The number of amides is 4. The summed E-state index contributed by atoms with van der Waals surface area (Å²) in [6.07, 6.45) is 1.38. The highest BCUT2D eigenvalue weighted by Gasteiger charge is 2.56. The fraction of sp³-hybridized carbons (Fsp3) is 0.577. The van der Waals surface area contributed by atoms with Gasteiger partial charge in [-0.2, -0.15) is 5.26 Å². The molecule has 5 rings (SSSR count). The highest BCUT2D eigenvalue weighted by molar-refractivity contribution is 6.02. The van der Waals surface area contributed by atoms with Crippen LogP contribution in [0.3, 0.4) is 0 Å². The van der Waals surface area contributed by atoms with E-state index in [1.54, 1.807) is 54.8 Å². The second-order valence-corrected chi connectivity index (χ2v) is 11.4. The van der Waals surface area contributed by atoms with Crippen molar-refractivity contribution in [1.82, 2.24) is 15.1 Å². The molecule has 11 nitrogen and oxygen atoms in total. The molecule has 1 aromatic rings. The van der Waals surface area contributed by atoms with Gasteiger partial charge in [-0.1, -0.05) is 6.07 Å². The van der Waals surface area contributed by atoms with Crippen molar-refractivity contribution in [2.75, 3.05) is 18.0 Å². The van der Waals surface area contributed by atoms with Gasteiger partial charge in [-0.25, -0.2) is 4.79 Å². The number of carbonyl (C=O) groups is 4. The predicted molar refractivity (Wildman–Crippen MR) is 132 cm³/mol. The number of fused-ring (bicyclic) bond motifs is 3. The molecule has 2 bridgehead atoms. The topological polar surface area (TPSA) is 149 Å². The van der Waals surface area contributed by atoms with E-state index in [4.69, 9.17) is 10.5 Å². The molecular formula is C26H32N6O5. The maximum Gasteiger partial charge on any atom is 0.408 e. The van der Waals surface area contributed by atoms with Gasteiger partial charge in [-0.15, -0.1) is 0 Å². The minimum atomic E-state index is -0.955. The normalized spacial score (nSPS) is 29.0. The van der Waals surface area contributed by atoms with Crippen LogP contribution in [0.15, 0.2) is 24.3 Å². The van der Waals surface area contributed by atoms with Crippen LogP contribution in [0.5, 0.6) is 0 Å². The molecule has 3 heterocycles. The predicted octanol–water partition coefficient (Wildman–Crippen LogP) is 0.981. The minimum Gasteiger partial charge on any atom is -0.444 e. The lowest BCUT2D eigenvalue weighted by atomic mass is 10.1. The van der Waals surface area contributed by atoms with Crippen molar-refractivity contribution in [3.05, 3.63) is 29.8 Å². The molecule has 11 heteroatoms. The van der Waals surface area contributed by atoms with E-state index in [1.807, 2.05) is 4.90 Å². The van der Waals surface area contributed by atoms with Crippen molar-refractivity contribution in [2.24, 2.45) is 11.7 Å². The van der Waals surface area contributed by atoms with E-state index in [1.165, 1.54) is 0 Å². The van der Waals surface area contributed by atoms with Crippen LogP contribution in [0.2, 0.25) is 0 Å². The number of benzene rings is 1. The fourth-order valence-electron chi connectivity index (χ4n) is 5.95. The summed E-state index contributed by atoms with van der Waals surface area (Å²) in [4.78, 5) is 56.5. The molecule has 3 saturated heterocycles. The Balaban J connectivity index is 1.33. The molecule has 196 valence electrons. The Morgan fingerprint density at radius 2 is 2.00 bits per heavy atom. The van der Waals surface area contributed by atoms with Crippen molar-refractivity contribution in [1.29, 1.82) is 5.26 Å². The van der Waals surface area contributed by atoms with Crippen molar-refractivity contribution >= 4 is 29.5 Å². The number of ether oxygens (including phenoxy) is 1. The molecule has 3 N–H and O–H groups in total. The molecule has 0 aromatic heterocycles. The van der Waals surface area contributed by atoms with Gasteiger partial charge in [0.2, 0.25) is 17.7 Å². The molecule has 0 radical (unpaired) electrons. The number of piperidine rings is 1. The Morgan fingerprint density at radius 3 is 2.65 bits per heavy atom. The summed E-state index contributed by atoms with van der Waals surface area (Å²) in [7, 11) is 0. The zero-order valence-corrected chi connectivity index (χ0v) is 21.2. The Labute approximate surface area is 215 Å². The van der Waals surface area contributed by atoms with Gasteiger partial charge in [0.25, 0.3) is 0 Å². The molecular weight excluding hydrogens is 476 g/mol. The van der Waals surface area contributed by atoms with E-state index in [2.05, 4.69) is 11.4 Å². The Morgan fingerprint density at radius 1 is 1.24 bits per heavy atom. The third-order valence-corrected chi connectivity index (χ3v) is 7.59. The molecule has 4 aliphatic rings. The molecule has 3 aliphatic heterocycles. The quantitative estimate of drug-likeness (QED) is 0.582. The van der Waals surface area contributed by atoms with Crippen LogP contribution in [0.25, 0.3) is 0 Å². The number of likely N-dealkylation sites (tertiary alicyclic amines) is 2. The first-order valence-electron chi connectivity index (χ1n) is 12.6. The average molecular weight is 509 g/mol. The number of piperazine rings is 1. The average Bonchev–Trinajstić information content (AvgIpc) is 3.15. The number of nitrogens with one attached hydrogen (secondary N) is 1. The van der Waals surface area contributed by atoms with Crippen LogP contribution in [0, 0.1) is 17.2 Å². The van der Waals surface area contributed by atoms with Gasteiger partial charge in [-0.05, 0) is 64.2 Å². The monoisotopic (exact) mass is 508 g/mol. The van der Waals surface area contributed by atoms with Gasteiger partial charge < -0.3 is 25.6 Å². The lowest BCUT2D eigenvalue weighted by molar-refractivity contribution is -0.136. The van der Waals surface area contributed by atoms with Gasteiger partial charge in [-0.3, -0.25) is 19.3 Å². The molecule has 0 spiro atoms. The molecule has 6 atom stereocenters. The summed E-state index contributed by atoms with van der Waals surface area (Å²) in [6, 6.07) is 6.87. The van der Waals surface area contributed by atoms with Crippen molar-refractivity contribution in [3.63, 3.8) is 0 Å². The smallest absolute Gasteiger partial charge is 0.408 e. The molecule has 4 amide bonds. The number of hydrogen-bond donors (Lipinski definition) is 2. The molecule has 1 aromatic carbocycles. The molecule has 1 aliphatic carbocycles. The van der Waals surface area contributed by atoms with E-state index >= 15 is 0 Å². The van der Waals surface area contributed by atoms with Crippen LogP contribution in [-0.4, -0.2) is 82.5 Å². The van der Waals surface area contributed by atoms with Crippen molar-refractivity contribution < 1.29 is 23.9 Å². The molecule has 3 unspecified atom stereocenters. The van der Waals surface area contributed by atoms with Gasteiger partial charge in [0.05, 0.1) is 18.2 Å². The van der Waals surface area contributed by atoms with E-state index < -0.39 is 35.7 Å². The number of hydrogen-bond acceptors (Lipinski definition) is 7. The number of carbonyl (C=O) groups excluding carboxylic acids is 4. The maximum absolute atomic E-state index is 13.7. The SMILES string of the molecule is CC(C)(C)OC(=O)NC(CN1C[C@@H]2CC1C(=O)N2c1cccc(C(N)=O)c1)C(=O)N1C(C#N)C[C@@H]2C[C@@H]21. The Bertz CT molecular complexity index is 1190. The first-order chi connectivity index (χ1) is 17.5. The van der Waals surface area contributed by atoms with Crippen LogP contribution in [-0.2, 0) is 14.3 Å². The third kappa shape index (κ3) is 4.73. The van der Waals surface area contributed by atoms with Crippen molar-refractivity contribution in [2.45, 2.75) is 75.8 Å². The van der Waals surface area contributed by atoms with Crippen LogP contribution < -0.4 is 16.0 Å². The molecule has 37 heavy (non-hydrogen) atoms. The number of nitrogens with zero attached hydrogens (tertiary/aromatic N) is 4. The summed E-state index contributed by atoms with van der Waals surface area (Å²) >= 11 is 0. The number of nitrogens with two attached hydrogens (primary N) is 1. The first kappa shape index (κ1) is 25.0. The maximum atomic E-state index is 13.7. The van der Waals surface area contributed by atoms with Crippen molar-refractivity contribution in [3.8, 4) is 6.07 Å². The standard InChI is InChI=1S/C26H32N6O5/c1-26(2,3)37-25(36)29-19(23(34)32-17(11-27)8-15-9-20(15)32)13-30-12-18-10-21(30)24(35)31(18)16-6-4-5-14(7-16)22(28)33/h4-7,15,17-21H,8-10,12-13H2,1-3H3,(H2,28,33)(H,29,36)/t15-,17?,18+,19?,20+,21?/m1/s1. The molecule has 4 fully saturated rings. The number of primary amides is 1. The number of nitriles is 1. The lowest BCUT2D eigenvalue weighted by Gasteiger charge is -2.36. The lowest BCUT2D eigenvalue weighted by Crippen LogP contribution is -2.59. The number of anilines is 1. The third-order valence-electron chi connectivity index (χ3n) is 7.59. The summed E-state index contributed by atoms with van der Waals surface area (Å²) < 4.78 is 5.41. The second-order valence-electron chi connectivity index (χ2n) is 11.4. The molecule has 1 saturated carbocycles. The fourth-order valence-corrected chi connectivity index (χ4v) is 5.95. The minimum absolute atomic E-state index is 0.0322. The van der Waals surface area contributed by atoms with E-state index in [0.29, 0.717) is 36.6 Å². The summed E-state index contributed by atoms with van der Waals surface area (Å²) in [6.45, 7) is 5.86. The van der Waals surface area contributed by atoms with Gasteiger partial charge in [0.15, 0.2) is 0 Å². The summed E-state index contributed by atoms with van der Waals surface area (Å²) in [5, 5.41) is 12.3. The zero-order valence-electron chi connectivity index (χ0n) is 21.2. The number of rotatable bonds is 6. The van der Waals surface area contributed by atoms with Crippen LogP contribution >= 0.6 is 0 Å². The first-order valence-corrected chi connectivity index (χ1v) is 12.6. The summed E-state index contributed by atoms with van der Waals surface area (Å²) in [5.41, 5.74) is 5.60. The van der Waals surface area contributed by atoms with E-state index in [-0.39, 0.29) is 30.4 Å². The van der Waals surface area contributed by atoms with Crippen LogP contribution in [0.4, 0.5) is 10.5 Å². The Hall–Kier alpha value is -3.65. The van der Waals surface area contributed by atoms with Gasteiger partial charge in [0.1, 0.15) is 17.7 Å². The highest BCUT2D eigenvalue weighted by Crippen LogP contribution is 2.48. The number of alkyl carbamates (subject to hydrolysis) is 1. The summed E-state index contributed by atoms with van der Waals surface area (Å²) in [5.74, 6) is -0.668. The van der Waals surface area contributed by atoms with Gasteiger partial charge in [0, 0.05) is 30.4 Å². The van der Waals surface area contributed by atoms with E-state index in [9.17, 15) is 24.4 Å². The zero-order chi connectivity index (χ0) is 26.6. The largest absolute Gasteiger partial charge is 0.444 e.